The Hall–Kier alpha value is 0.310. The normalized spacial score (nSPS) is 30.2. The Morgan fingerprint density at radius 1 is 1.43 bits per heavy atom. The van der Waals surface area contributed by atoms with Gasteiger partial charge in [-0.3, -0.25) is 0 Å². The first kappa shape index (κ1) is 12.4. The van der Waals surface area contributed by atoms with E-state index in [1.807, 2.05) is 11.8 Å². The van der Waals surface area contributed by atoms with Crippen LogP contribution in [0.25, 0.3) is 0 Å². The van der Waals surface area contributed by atoms with Crippen molar-refractivity contribution in [2.75, 3.05) is 6.26 Å². The van der Waals surface area contributed by atoms with Crippen molar-refractivity contribution in [3.05, 3.63) is 0 Å². The molecular weight excluding hydrogens is 190 g/mol. The molecule has 3 unspecified atom stereocenters. The third-order valence-corrected chi connectivity index (χ3v) is 4.30. The van der Waals surface area contributed by atoms with Gasteiger partial charge in [0.25, 0.3) is 0 Å². The Morgan fingerprint density at radius 3 is 2.86 bits per heavy atom. The number of rotatable bonds is 5. The molecule has 1 aliphatic rings. The topological polar surface area (TPSA) is 12.0 Å². The largest absolute Gasteiger partial charge is 0.311 e. The molecule has 1 N–H and O–H groups in total. The van der Waals surface area contributed by atoms with Crippen LogP contribution < -0.4 is 5.32 Å². The maximum atomic E-state index is 3.77. The number of nitrogens with one attached hydrogen (secondary N) is 1. The summed E-state index contributed by atoms with van der Waals surface area (Å²) in [5, 5.41) is 4.68. The molecular formula is C12H25NS. The van der Waals surface area contributed by atoms with E-state index in [1.54, 1.807) is 0 Å². The molecule has 0 saturated heterocycles. The predicted octanol–water partition coefficient (Wildman–Crippen LogP) is 3.44. The highest BCUT2D eigenvalue weighted by Crippen LogP contribution is 2.27. The van der Waals surface area contributed by atoms with Crippen LogP contribution in [0.3, 0.4) is 0 Å². The lowest BCUT2D eigenvalue weighted by atomic mass is 9.94. The molecule has 0 aromatic rings. The highest BCUT2D eigenvalue weighted by Gasteiger charge is 2.21. The van der Waals surface area contributed by atoms with Crippen molar-refractivity contribution < 1.29 is 0 Å². The monoisotopic (exact) mass is 215 g/mol. The van der Waals surface area contributed by atoms with Gasteiger partial charge in [0.1, 0.15) is 0 Å². The minimum Gasteiger partial charge on any atom is -0.311 e. The molecule has 1 fully saturated rings. The van der Waals surface area contributed by atoms with Crippen LogP contribution in [0.4, 0.5) is 0 Å². The van der Waals surface area contributed by atoms with Gasteiger partial charge >= 0.3 is 0 Å². The molecule has 1 rings (SSSR count). The van der Waals surface area contributed by atoms with Crippen LogP contribution in [0.2, 0.25) is 0 Å². The lowest BCUT2D eigenvalue weighted by Gasteiger charge is -2.31. The first-order chi connectivity index (χ1) is 6.76. The fraction of sp³-hybridized carbons (Fsp3) is 1.00. The Labute approximate surface area is 93.4 Å². The van der Waals surface area contributed by atoms with Crippen molar-refractivity contribution >= 4 is 11.8 Å². The van der Waals surface area contributed by atoms with E-state index in [0.717, 1.165) is 11.3 Å². The van der Waals surface area contributed by atoms with Crippen LogP contribution in [0.5, 0.6) is 0 Å². The molecule has 0 aliphatic heterocycles. The Balaban J connectivity index is 2.22. The van der Waals surface area contributed by atoms with E-state index >= 15 is 0 Å². The van der Waals surface area contributed by atoms with Crippen molar-refractivity contribution in [3.63, 3.8) is 0 Å². The minimum absolute atomic E-state index is 0.714. The summed E-state index contributed by atoms with van der Waals surface area (Å²) < 4.78 is 0. The summed E-state index contributed by atoms with van der Waals surface area (Å²) in [5.41, 5.74) is 0. The van der Waals surface area contributed by atoms with Crippen molar-refractivity contribution in [1.29, 1.82) is 0 Å². The zero-order valence-corrected chi connectivity index (χ0v) is 10.7. The molecule has 84 valence electrons. The minimum atomic E-state index is 0.714. The standard InChI is InChI=1S/C12H25NS/c1-4-6-10(2)13-11-7-5-8-12(9-11)14-3/h10-13H,4-9H2,1-3H3. The second-order valence-electron chi connectivity index (χ2n) is 4.58. The van der Waals surface area contributed by atoms with E-state index < -0.39 is 0 Å². The molecule has 0 heterocycles. The summed E-state index contributed by atoms with van der Waals surface area (Å²) in [4.78, 5) is 0. The SMILES string of the molecule is CCCC(C)NC1CCCC(SC)C1. The molecule has 0 spiro atoms. The number of thioether (sulfide) groups is 1. The lowest BCUT2D eigenvalue weighted by molar-refractivity contribution is 0.341. The molecule has 0 bridgehead atoms. The number of hydrogen-bond acceptors (Lipinski definition) is 2. The molecule has 0 amide bonds. The summed E-state index contributed by atoms with van der Waals surface area (Å²) in [6.07, 6.45) is 10.5. The van der Waals surface area contributed by atoms with Crippen LogP contribution in [0, 0.1) is 0 Å². The molecule has 1 nitrogen and oxygen atoms in total. The van der Waals surface area contributed by atoms with Gasteiger partial charge in [-0.05, 0) is 38.9 Å². The van der Waals surface area contributed by atoms with Gasteiger partial charge in [0.15, 0.2) is 0 Å². The second-order valence-corrected chi connectivity index (χ2v) is 5.72. The number of hydrogen-bond donors (Lipinski definition) is 1. The van der Waals surface area contributed by atoms with Crippen molar-refractivity contribution in [2.45, 2.75) is 69.7 Å². The van der Waals surface area contributed by atoms with Crippen LogP contribution in [0.1, 0.15) is 52.4 Å². The average Bonchev–Trinajstić information content (AvgIpc) is 2.18. The molecule has 0 aromatic heterocycles. The quantitative estimate of drug-likeness (QED) is 0.754. The summed E-state index contributed by atoms with van der Waals surface area (Å²) in [6.45, 7) is 4.59. The summed E-state index contributed by atoms with van der Waals surface area (Å²) in [7, 11) is 0. The van der Waals surface area contributed by atoms with Crippen LogP contribution in [0.15, 0.2) is 0 Å². The van der Waals surface area contributed by atoms with Crippen molar-refractivity contribution in [2.24, 2.45) is 0 Å². The summed E-state index contributed by atoms with van der Waals surface area (Å²) in [6, 6.07) is 1.51. The van der Waals surface area contributed by atoms with Crippen LogP contribution in [-0.2, 0) is 0 Å². The highest BCUT2D eigenvalue weighted by atomic mass is 32.2. The zero-order chi connectivity index (χ0) is 10.4. The fourth-order valence-electron chi connectivity index (χ4n) is 2.43. The smallest absolute Gasteiger partial charge is 0.00800 e. The van der Waals surface area contributed by atoms with Gasteiger partial charge in [0.2, 0.25) is 0 Å². The average molecular weight is 215 g/mol. The molecule has 3 atom stereocenters. The van der Waals surface area contributed by atoms with Gasteiger partial charge in [-0.1, -0.05) is 19.8 Å². The maximum absolute atomic E-state index is 3.77. The lowest BCUT2D eigenvalue weighted by Crippen LogP contribution is -2.40. The van der Waals surface area contributed by atoms with Crippen LogP contribution >= 0.6 is 11.8 Å². The summed E-state index contributed by atoms with van der Waals surface area (Å²) in [5.74, 6) is 0. The second kappa shape index (κ2) is 6.73. The van der Waals surface area contributed by atoms with Gasteiger partial charge < -0.3 is 5.32 Å². The van der Waals surface area contributed by atoms with E-state index in [-0.39, 0.29) is 0 Å². The molecule has 0 aromatic carbocycles. The molecule has 14 heavy (non-hydrogen) atoms. The van der Waals surface area contributed by atoms with Gasteiger partial charge in [0, 0.05) is 17.3 Å². The van der Waals surface area contributed by atoms with E-state index in [1.165, 1.54) is 38.5 Å². The predicted molar refractivity (Wildman–Crippen MR) is 67.1 cm³/mol. The maximum Gasteiger partial charge on any atom is 0.00800 e. The first-order valence-electron chi connectivity index (χ1n) is 6.05. The van der Waals surface area contributed by atoms with E-state index in [0.29, 0.717) is 6.04 Å². The van der Waals surface area contributed by atoms with Gasteiger partial charge in [-0.2, -0.15) is 11.8 Å². The van der Waals surface area contributed by atoms with E-state index in [4.69, 9.17) is 0 Å². The molecule has 1 aliphatic carbocycles. The fourth-order valence-corrected chi connectivity index (χ4v) is 3.26. The van der Waals surface area contributed by atoms with Gasteiger partial charge in [-0.15, -0.1) is 0 Å². The van der Waals surface area contributed by atoms with Gasteiger partial charge in [-0.25, -0.2) is 0 Å². The molecule has 0 radical (unpaired) electrons. The molecule has 2 heteroatoms. The van der Waals surface area contributed by atoms with E-state index in [2.05, 4.69) is 25.4 Å². The zero-order valence-electron chi connectivity index (χ0n) is 9.88. The highest BCUT2D eigenvalue weighted by molar-refractivity contribution is 7.99. The van der Waals surface area contributed by atoms with E-state index in [9.17, 15) is 0 Å². The Kier molecular flexibility index (Phi) is 5.95. The van der Waals surface area contributed by atoms with Gasteiger partial charge in [0.05, 0.1) is 0 Å². The first-order valence-corrected chi connectivity index (χ1v) is 7.33. The van der Waals surface area contributed by atoms with Crippen molar-refractivity contribution in [1.82, 2.24) is 5.32 Å². The Bertz CT molecular complexity index is 149. The molecule has 1 saturated carbocycles. The van der Waals surface area contributed by atoms with Crippen molar-refractivity contribution in [3.8, 4) is 0 Å². The third kappa shape index (κ3) is 4.22. The summed E-state index contributed by atoms with van der Waals surface area (Å²) >= 11 is 2.05. The third-order valence-electron chi connectivity index (χ3n) is 3.20. The Morgan fingerprint density at radius 2 is 2.21 bits per heavy atom. The van der Waals surface area contributed by atoms with Crippen LogP contribution in [-0.4, -0.2) is 23.6 Å².